The predicted octanol–water partition coefficient (Wildman–Crippen LogP) is 4.16. The van der Waals surface area contributed by atoms with Crippen LogP contribution in [-0.2, 0) is 9.53 Å². The Morgan fingerprint density at radius 3 is 2.86 bits per heavy atom. The number of nitrogens with zero attached hydrogens (tertiary/aromatic N) is 4. The Bertz CT molecular complexity index is 1600. The van der Waals surface area contributed by atoms with E-state index < -0.39 is 12.0 Å². The molecule has 1 unspecified atom stereocenters. The lowest BCUT2D eigenvalue weighted by Crippen LogP contribution is -2.39. The second-order valence-electron chi connectivity index (χ2n) is 7.24. The summed E-state index contributed by atoms with van der Waals surface area (Å²) in [5, 5.41) is 3.04. The maximum absolute atomic E-state index is 13.6. The van der Waals surface area contributed by atoms with Crippen LogP contribution in [0.3, 0.4) is 0 Å². The first-order chi connectivity index (χ1) is 17.0. The van der Waals surface area contributed by atoms with Crippen molar-refractivity contribution in [2.45, 2.75) is 30.1 Å². The summed E-state index contributed by atoms with van der Waals surface area (Å²) in [6.07, 6.45) is 4.99. The van der Waals surface area contributed by atoms with Crippen molar-refractivity contribution in [3.05, 3.63) is 88.1 Å². The fourth-order valence-corrected chi connectivity index (χ4v) is 6.65. The largest absolute Gasteiger partial charge is 0.463 e. The SMILES string of the molecule is CCOC(=O)C1=C(C)N=c2sc(=Cc3cc(Br)c(Sc4ncccn4)o3)c(=O)n2C1c1cccs1. The Labute approximate surface area is 219 Å². The molecule has 0 radical (unpaired) electrons. The minimum atomic E-state index is -0.600. The van der Waals surface area contributed by atoms with Crippen molar-refractivity contribution in [2.24, 2.45) is 4.99 Å². The lowest BCUT2D eigenvalue weighted by Gasteiger charge is -2.23. The molecule has 4 aromatic heterocycles. The Balaban J connectivity index is 1.59. The highest BCUT2D eigenvalue weighted by molar-refractivity contribution is 9.10. The van der Waals surface area contributed by atoms with Gasteiger partial charge in [-0.05, 0) is 65.1 Å². The Kier molecular flexibility index (Phi) is 6.87. The number of hydrogen-bond acceptors (Lipinski definition) is 10. The average Bonchev–Trinajstić information content (AvgIpc) is 3.55. The Hall–Kier alpha value is -2.80. The molecule has 0 aliphatic carbocycles. The van der Waals surface area contributed by atoms with Crippen LogP contribution in [-0.4, -0.2) is 27.1 Å². The van der Waals surface area contributed by atoms with Crippen molar-refractivity contribution in [3.8, 4) is 0 Å². The number of rotatable bonds is 6. The van der Waals surface area contributed by atoms with Gasteiger partial charge in [0, 0.05) is 23.3 Å². The molecule has 1 aliphatic rings. The van der Waals surface area contributed by atoms with Gasteiger partial charge in [-0.15, -0.1) is 11.3 Å². The predicted molar refractivity (Wildman–Crippen MR) is 137 cm³/mol. The molecule has 8 nitrogen and oxygen atoms in total. The molecular formula is C23H17BrN4O4S3. The molecule has 12 heteroatoms. The molecule has 1 aliphatic heterocycles. The molecule has 0 amide bonds. The van der Waals surface area contributed by atoms with E-state index in [0.29, 0.717) is 36.6 Å². The van der Waals surface area contributed by atoms with Gasteiger partial charge in [-0.25, -0.2) is 19.8 Å². The zero-order valence-corrected chi connectivity index (χ0v) is 22.5. The van der Waals surface area contributed by atoms with Crippen LogP contribution in [0, 0.1) is 0 Å². The van der Waals surface area contributed by atoms with Crippen LogP contribution >= 0.6 is 50.4 Å². The second-order valence-corrected chi connectivity index (χ2v) is 11.0. The summed E-state index contributed by atoms with van der Waals surface area (Å²) in [4.78, 5) is 40.8. The van der Waals surface area contributed by atoms with Crippen molar-refractivity contribution in [1.82, 2.24) is 14.5 Å². The van der Waals surface area contributed by atoms with E-state index in [9.17, 15) is 9.59 Å². The van der Waals surface area contributed by atoms with Gasteiger partial charge in [0.1, 0.15) is 11.8 Å². The number of aromatic nitrogens is 3. The van der Waals surface area contributed by atoms with Crippen LogP contribution in [0.2, 0.25) is 0 Å². The number of esters is 1. The zero-order valence-electron chi connectivity index (χ0n) is 18.4. The molecule has 5 heterocycles. The third-order valence-electron chi connectivity index (χ3n) is 5.00. The van der Waals surface area contributed by atoms with Gasteiger partial charge in [0.05, 0.1) is 26.9 Å². The first-order valence-electron chi connectivity index (χ1n) is 10.4. The lowest BCUT2D eigenvalue weighted by atomic mass is 10.0. The van der Waals surface area contributed by atoms with Gasteiger partial charge in [0.15, 0.2) is 15.1 Å². The van der Waals surface area contributed by atoms with Crippen LogP contribution in [0.4, 0.5) is 0 Å². The van der Waals surface area contributed by atoms with Crippen molar-refractivity contribution < 1.29 is 13.9 Å². The highest BCUT2D eigenvalue weighted by Crippen LogP contribution is 2.35. The lowest BCUT2D eigenvalue weighted by molar-refractivity contribution is -0.139. The number of thiophene rings is 1. The molecule has 35 heavy (non-hydrogen) atoms. The van der Waals surface area contributed by atoms with E-state index in [1.807, 2.05) is 17.5 Å². The Morgan fingerprint density at radius 2 is 2.14 bits per heavy atom. The summed E-state index contributed by atoms with van der Waals surface area (Å²) in [7, 11) is 0. The highest BCUT2D eigenvalue weighted by Gasteiger charge is 2.33. The quantitative estimate of drug-likeness (QED) is 0.246. The molecule has 0 spiro atoms. The molecule has 1 atom stereocenters. The summed E-state index contributed by atoms with van der Waals surface area (Å²) in [5.74, 6) is 0.0239. The first-order valence-corrected chi connectivity index (χ1v) is 13.7. The third-order valence-corrected chi connectivity index (χ3v) is 8.64. The molecule has 0 aromatic carbocycles. The van der Waals surface area contributed by atoms with E-state index in [2.05, 4.69) is 30.9 Å². The van der Waals surface area contributed by atoms with E-state index in [1.165, 1.54) is 34.4 Å². The topological polar surface area (TPSA) is 99.6 Å². The maximum Gasteiger partial charge on any atom is 0.338 e. The summed E-state index contributed by atoms with van der Waals surface area (Å²) in [6.45, 7) is 3.75. The van der Waals surface area contributed by atoms with Crippen molar-refractivity contribution in [2.75, 3.05) is 6.61 Å². The summed E-state index contributed by atoms with van der Waals surface area (Å²) in [5.41, 5.74) is 0.655. The smallest absolute Gasteiger partial charge is 0.338 e. The van der Waals surface area contributed by atoms with E-state index >= 15 is 0 Å². The zero-order chi connectivity index (χ0) is 24.5. The van der Waals surface area contributed by atoms with Gasteiger partial charge in [-0.3, -0.25) is 9.36 Å². The number of ether oxygens (including phenoxy) is 1. The molecule has 0 saturated heterocycles. The number of carbonyl (C=O) groups is 1. The Morgan fingerprint density at radius 1 is 1.34 bits per heavy atom. The number of thiazole rings is 1. The molecule has 0 fully saturated rings. The second kappa shape index (κ2) is 10.1. The number of furan rings is 1. The monoisotopic (exact) mass is 588 g/mol. The van der Waals surface area contributed by atoms with Crippen molar-refractivity contribution in [1.29, 1.82) is 0 Å². The summed E-state index contributed by atoms with van der Waals surface area (Å²) >= 11 is 7.50. The van der Waals surface area contributed by atoms with Crippen molar-refractivity contribution in [3.63, 3.8) is 0 Å². The van der Waals surface area contributed by atoms with Gasteiger partial charge in [-0.2, -0.15) is 0 Å². The fraction of sp³-hybridized carbons (Fsp3) is 0.174. The van der Waals surface area contributed by atoms with E-state index in [4.69, 9.17) is 9.15 Å². The normalized spacial score (nSPS) is 15.7. The molecule has 4 aromatic rings. The maximum atomic E-state index is 13.6. The van der Waals surface area contributed by atoms with Crippen LogP contribution in [0.5, 0.6) is 0 Å². The minimum absolute atomic E-state index is 0.235. The number of halogens is 1. The molecule has 5 rings (SSSR count). The van der Waals surface area contributed by atoms with Crippen LogP contribution < -0.4 is 14.9 Å². The average molecular weight is 590 g/mol. The highest BCUT2D eigenvalue weighted by atomic mass is 79.9. The molecular weight excluding hydrogens is 572 g/mol. The number of hydrogen-bond donors (Lipinski definition) is 0. The molecule has 0 N–H and O–H groups in total. The first kappa shape index (κ1) is 23.9. The summed E-state index contributed by atoms with van der Waals surface area (Å²) < 4.78 is 14.0. The number of carbonyl (C=O) groups excluding carboxylic acids is 1. The van der Waals surface area contributed by atoms with Crippen LogP contribution in [0.15, 0.2) is 82.2 Å². The van der Waals surface area contributed by atoms with Gasteiger partial charge >= 0.3 is 5.97 Å². The third kappa shape index (κ3) is 4.70. The molecule has 0 saturated carbocycles. The van der Waals surface area contributed by atoms with Crippen molar-refractivity contribution >= 4 is 62.4 Å². The molecule has 178 valence electrons. The number of allylic oxidation sites excluding steroid dienone is 1. The minimum Gasteiger partial charge on any atom is -0.463 e. The van der Waals surface area contributed by atoms with Crippen LogP contribution in [0.1, 0.15) is 30.5 Å². The molecule has 0 bridgehead atoms. The summed E-state index contributed by atoms with van der Waals surface area (Å²) in [6, 6.07) is 6.73. The van der Waals surface area contributed by atoms with E-state index in [0.717, 1.165) is 9.35 Å². The number of fused-ring (bicyclic) bond motifs is 1. The van der Waals surface area contributed by atoms with Gasteiger partial charge < -0.3 is 9.15 Å². The fourth-order valence-electron chi connectivity index (χ4n) is 3.57. The van der Waals surface area contributed by atoms with Gasteiger partial charge in [0.25, 0.3) is 5.56 Å². The van der Waals surface area contributed by atoms with E-state index in [-0.39, 0.29) is 12.2 Å². The van der Waals surface area contributed by atoms with Gasteiger partial charge in [-0.1, -0.05) is 17.4 Å². The van der Waals surface area contributed by atoms with Crippen LogP contribution in [0.25, 0.3) is 6.08 Å². The van der Waals surface area contributed by atoms with Gasteiger partial charge in [0.2, 0.25) is 0 Å². The standard InChI is InChI=1S/C23H17BrN4O4S3/c1-3-31-20(30)17-12(2)27-23-28(18(17)15-6-4-9-33-15)19(29)16(34-23)11-13-10-14(24)21(32-13)35-22-25-7-5-8-26-22/h4-11,18H,3H2,1-2H3. The van der Waals surface area contributed by atoms with E-state index in [1.54, 1.807) is 49.0 Å².